The zero-order chi connectivity index (χ0) is 20.1. The number of phenolic OH excluding ortho intramolecular Hbond substituents is 1. The number of anilines is 1. The number of carbonyl (C=O) groups excluding carboxylic acids is 2. The van der Waals surface area contributed by atoms with Crippen LogP contribution in [0.4, 0.5) is 5.69 Å². The number of rotatable bonds is 5. The van der Waals surface area contributed by atoms with Gasteiger partial charge in [0.05, 0.1) is 0 Å². The summed E-state index contributed by atoms with van der Waals surface area (Å²) in [6.45, 7) is 4.14. The number of ether oxygens (including phenoxy) is 1. The lowest BCUT2D eigenvalue weighted by molar-refractivity contribution is -0.139. The zero-order valence-electron chi connectivity index (χ0n) is 16.2. The van der Waals surface area contributed by atoms with Crippen molar-refractivity contribution < 1.29 is 19.4 Å². The quantitative estimate of drug-likeness (QED) is 0.824. The van der Waals surface area contributed by atoms with Crippen LogP contribution in [0.3, 0.4) is 0 Å². The number of phenols is 1. The van der Waals surface area contributed by atoms with Gasteiger partial charge in [-0.3, -0.25) is 9.59 Å². The summed E-state index contributed by atoms with van der Waals surface area (Å²) in [5.74, 6) is 0.331. The maximum absolute atomic E-state index is 12.5. The number of likely N-dealkylation sites (tertiary alicyclic amines) is 1. The average molecular weight is 382 g/mol. The molecule has 1 heterocycles. The summed E-state index contributed by atoms with van der Waals surface area (Å²) in [6.07, 6.45) is 3.21. The number of carbonyl (C=O) groups is 2. The average Bonchev–Trinajstić information content (AvgIpc) is 2.66. The Bertz CT molecular complexity index is 825. The molecule has 0 saturated carbocycles. The van der Waals surface area contributed by atoms with Gasteiger partial charge >= 0.3 is 0 Å². The Morgan fingerprint density at radius 2 is 1.79 bits per heavy atom. The topological polar surface area (TPSA) is 78.9 Å². The van der Waals surface area contributed by atoms with Crippen LogP contribution in [-0.4, -0.2) is 40.5 Å². The molecule has 0 aromatic heterocycles. The Kier molecular flexibility index (Phi) is 6.19. The Balaban J connectivity index is 1.55. The first-order chi connectivity index (χ1) is 13.4. The van der Waals surface area contributed by atoms with Crippen LogP contribution in [0, 0.1) is 0 Å². The van der Waals surface area contributed by atoms with E-state index in [1.165, 1.54) is 12.1 Å². The molecule has 0 aliphatic carbocycles. The van der Waals surface area contributed by atoms with Crippen molar-refractivity contribution in [3.63, 3.8) is 0 Å². The van der Waals surface area contributed by atoms with E-state index in [2.05, 4.69) is 19.2 Å². The molecule has 0 bridgehead atoms. The first-order valence-corrected chi connectivity index (χ1v) is 9.58. The first kappa shape index (κ1) is 19.7. The fourth-order valence-electron chi connectivity index (χ4n) is 3.62. The van der Waals surface area contributed by atoms with Crippen LogP contribution in [0.1, 0.15) is 43.5 Å². The Morgan fingerprint density at radius 3 is 2.43 bits per heavy atom. The van der Waals surface area contributed by atoms with Gasteiger partial charge in [0.25, 0.3) is 11.8 Å². The minimum Gasteiger partial charge on any atom is -0.508 e. The van der Waals surface area contributed by atoms with Crippen molar-refractivity contribution in [2.45, 2.75) is 45.2 Å². The standard InChI is InChI=1S/C22H26N2O4/c1-15-5-3-6-16(2)24(15)21(26)14-28-20-11-9-17(10-12-20)22(27)23-18-7-4-8-19(25)13-18/h4,7-13,15-16,25H,3,5-6,14H2,1-2H3,(H,23,27). The maximum Gasteiger partial charge on any atom is 0.260 e. The summed E-state index contributed by atoms with van der Waals surface area (Å²) >= 11 is 0. The van der Waals surface area contributed by atoms with E-state index in [1.807, 2.05) is 4.90 Å². The van der Waals surface area contributed by atoms with E-state index in [-0.39, 0.29) is 36.3 Å². The van der Waals surface area contributed by atoms with Crippen molar-refractivity contribution in [1.29, 1.82) is 0 Å². The number of nitrogens with zero attached hydrogens (tertiary/aromatic N) is 1. The van der Waals surface area contributed by atoms with E-state index in [9.17, 15) is 14.7 Å². The molecule has 148 valence electrons. The lowest BCUT2D eigenvalue weighted by Gasteiger charge is -2.38. The Labute approximate surface area is 165 Å². The number of hydrogen-bond acceptors (Lipinski definition) is 4. The van der Waals surface area contributed by atoms with Crippen molar-refractivity contribution in [3.05, 3.63) is 54.1 Å². The lowest BCUT2D eigenvalue weighted by atomic mass is 9.97. The van der Waals surface area contributed by atoms with Crippen LogP contribution in [0.15, 0.2) is 48.5 Å². The molecule has 6 heteroatoms. The van der Waals surface area contributed by atoms with Crippen molar-refractivity contribution >= 4 is 17.5 Å². The van der Waals surface area contributed by atoms with Gasteiger partial charge in [-0.05, 0) is 69.5 Å². The predicted octanol–water partition coefficient (Wildman–Crippen LogP) is 3.81. The van der Waals surface area contributed by atoms with Crippen molar-refractivity contribution in [2.75, 3.05) is 11.9 Å². The second-order valence-corrected chi connectivity index (χ2v) is 7.25. The SMILES string of the molecule is CC1CCCC(C)N1C(=O)COc1ccc(C(=O)Nc2cccc(O)c2)cc1. The van der Waals surface area contributed by atoms with E-state index in [0.29, 0.717) is 17.0 Å². The molecule has 2 atom stereocenters. The monoisotopic (exact) mass is 382 g/mol. The molecule has 2 aromatic carbocycles. The van der Waals surface area contributed by atoms with Gasteiger partial charge in [0.15, 0.2) is 6.61 Å². The van der Waals surface area contributed by atoms with Gasteiger partial charge in [0.1, 0.15) is 11.5 Å². The molecule has 2 aromatic rings. The summed E-state index contributed by atoms with van der Waals surface area (Å²) in [7, 11) is 0. The number of nitrogens with one attached hydrogen (secondary N) is 1. The third kappa shape index (κ3) is 4.82. The molecule has 0 spiro atoms. The molecule has 1 saturated heterocycles. The van der Waals surface area contributed by atoms with E-state index in [1.54, 1.807) is 36.4 Å². The van der Waals surface area contributed by atoms with E-state index in [0.717, 1.165) is 19.3 Å². The first-order valence-electron chi connectivity index (χ1n) is 9.58. The van der Waals surface area contributed by atoms with Crippen LogP contribution < -0.4 is 10.1 Å². The minimum absolute atomic E-state index is 0.00888. The molecular weight excluding hydrogens is 356 g/mol. The van der Waals surface area contributed by atoms with E-state index >= 15 is 0 Å². The molecule has 0 radical (unpaired) electrons. The summed E-state index contributed by atoms with van der Waals surface area (Å²) < 4.78 is 5.63. The summed E-state index contributed by atoms with van der Waals surface area (Å²) in [5, 5.41) is 12.2. The number of amides is 2. The second kappa shape index (κ2) is 8.78. The predicted molar refractivity (Wildman–Crippen MR) is 108 cm³/mol. The van der Waals surface area contributed by atoms with Crippen LogP contribution >= 0.6 is 0 Å². The fraction of sp³-hybridized carbons (Fsp3) is 0.364. The maximum atomic E-state index is 12.5. The van der Waals surface area contributed by atoms with Gasteiger partial charge in [-0.15, -0.1) is 0 Å². The summed E-state index contributed by atoms with van der Waals surface area (Å²) in [6, 6.07) is 13.5. The van der Waals surface area contributed by atoms with Gasteiger partial charge in [0.2, 0.25) is 0 Å². The highest BCUT2D eigenvalue weighted by Crippen LogP contribution is 2.23. The van der Waals surface area contributed by atoms with Crippen LogP contribution in [0.5, 0.6) is 11.5 Å². The molecular formula is C22H26N2O4. The molecule has 6 nitrogen and oxygen atoms in total. The number of aromatic hydroxyl groups is 1. The third-order valence-electron chi connectivity index (χ3n) is 5.06. The number of benzene rings is 2. The van der Waals surface area contributed by atoms with Crippen LogP contribution in [0.25, 0.3) is 0 Å². The molecule has 1 fully saturated rings. The summed E-state index contributed by atoms with van der Waals surface area (Å²) in [5.41, 5.74) is 0.973. The highest BCUT2D eigenvalue weighted by atomic mass is 16.5. The van der Waals surface area contributed by atoms with Crippen molar-refractivity contribution in [3.8, 4) is 11.5 Å². The van der Waals surface area contributed by atoms with Gasteiger partial charge < -0.3 is 20.1 Å². The molecule has 1 aliphatic rings. The molecule has 1 aliphatic heterocycles. The molecule has 2 unspecified atom stereocenters. The van der Waals surface area contributed by atoms with Crippen LogP contribution in [-0.2, 0) is 4.79 Å². The van der Waals surface area contributed by atoms with Crippen molar-refractivity contribution in [1.82, 2.24) is 4.90 Å². The van der Waals surface area contributed by atoms with Gasteiger partial charge in [-0.1, -0.05) is 6.07 Å². The number of hydrogen-bond donors (Lipinski definition) is 2. The third-order valence-corrected chi connectivity index (χ3v) is 5.06. The second-order valence-electron chi connectivity index (χ2n) is 7.25. The van der Waals surface area contributed by atoms with Gasteiger partial charge in [-0.25, -0.2) is 0 Å². The molecule has 2 N–H and O–H groups in total. The normalized spacial score (nSPS) is 19.1. The summed E-state index contributed by atoms with van der Waals surface area (Å²) in [4.78, 5) is 26.7. The minimum atomic E-state index is -0.288. The lowest BCUT2D eigenvalue weighted by Crippen LogP contribution is -2.49. The van der Waals surface area contributed by atoms with E-state index < -0.39 is 0 Å². The Hall–Kier alpha value is -3.02. The molecule has 28 heavy (non-hydrogen) atoms. The zero-order valence-corrected chi connectivity index (χ0v) is 16.2. The fourth-order valence-corrected chi connectivity index (χ4v) is 3.62. The Morgan fingerprint density at radius 1 is 1.11 bits per heavy atom. The molecule has 3 rings (SSSR count). The van der Waals surface area contributed by atoms with Crippen molar-refractivity contribution in [2.24, 2.45) is 0 Å². The van der Waals surface area contributed by atoms with E-state index in [4.69, 9.17) is 4.74 Å². The molecule has 2 amide bonds. The smallest absolute Gasteiger partial charge is 0.260 e. The number of piperidine rings is 1. The van der Waals surface area contributed by atoms with Crippen LogP contribution in [0.2, 0.25) is 0 Å². The van der Waals surface area contributed by atoms with Gasteiger partial charge in [0, 0.05) is 29.4 Å². The van der Waals surface area contributed by atoms with Gasteiger partial charge in [-0.2, -0.15) is 0 Å². The highest BCUT2D eigenvalue weighted by Gasteiger charge is 2.28. The highest BCUT2D eigenvalue weighted by molar-refractivity contribution is 6.04. The largest absolute Gasteiger partial charge is 0.508 e.